The Morgan fingerprint density at radius 3 is 0.740 bits per heavy atom. The quantitative estimate of drug-likeness (QED) is 0.145. The molecule has 0 aliphatic carbocycles. The molecule has 0 radical (unpaired) electrons. The molecule has 0 amide bonds. The van der Waals surface area contributed by atoms with E-state index in [9.17, 15) is 0 Å². The summed E-state index contributed by atoms with van der Waals surface area (Å²) in [5.41, 5.74) is 36.2. The lowest BCUT2D eigenvalue weighted by Gasteiger charge is -2.31. The second-order valence-corrected chi connectivity index (χ2v) is 47.8. The zero-order valence-corrected chi connectivity index (χ0v) is 90.2. The molecule has 0 bridgehead atoms. The number of benzene rings is 18. The van der Waals surface area contributed by atoms with Gasteiger partial charge in [0.2, 0.25) is 0 Å². The van der Waals surface area contributed by atoms with Gasteiger partial charge in [-0.25, -0.2) is 0 Å². The van der Waals surface area contributed by atoms with Crippen LogP contribution in [0.2, 0.25) is 0 Å². The highest BCUT2D eigenvalue weighted by molar-refractivity contribution is 6.17. The van der Waals surface area contributed by atoms with Crippen LogP contribution in [0, 0.1) is 6.92 Å². The fraction of sp³-hybridized carbons (Fsp3) is 0.234. The van der Waals surface area contributed by atoms with E-state index in [1.165, 1.54) is 171 Å². The lowest BCUT2D eigenvalue weighted by molar-refractivity contribution is 0.535. The number of nitrogens with zero attached hydrogens (tertiary/aromatic N) is 5. The van der Waals surface area contributed by atoms with Gasteiger partial charge < -0.3 is 22.8 Å². The molecule has 23 aromatic rings. The van der Waals surface area contributed by atoms with Gasteiger partial charge in [-0.15, -0.1) is 0 Å². The van der Waals surface area contributed by atoms with Crippen molar-refractivity contribution in [3.63, 3.8) is 0 Å². The molecule has 5 nitrogen and oxygen atoms in total. The highest BCUT2D eigenvalue weighted by atomic mass is 15.0. The molecule has 18 aromatic carbocycles. The molecular weight excluding hydrogens is 1760 g/mol. The van der Waals surface area contributed by atoms with Crippen LogP contribution in [0.5, 0.6) is 0 Å². The minimum atomic E-state index is -0.297. The van der Waals surface area contributed by atoms with Crippen LogP contribution in [0.4, 0.5) is 0 Å². The average Bonchev–Trinajstić information content (AvgIpc) is 1.56. The van der Waals surface area contributed by atoms with E-state index in [0.29, 0.717) is 11.1 Å². The van der Waals surface area contributed by atoms with Crippen molar-refractivity contribution in [2.45, 2.75) is 216 Å². The number of hydrogen-bond donors (Lipinski definition) is 0. The Morgan fingerprint density at radius 2 is 0.438 bits per heavy atom. The first-order chi connectivity index (χ1) is 71.2. The van der Waals surface area contributed by atoms with Crippen LogP contribution in [0.15, 0.2) is 412 Å². The van der Waals surface area contributed by atoms with Crippen molar-refractivity contribution in [2.75, 3.05) is 0 Å². The highest BCUT2D eigenvalue weighted by Crippen LogP contribution is 2.52. The van der Waals surface area contributed by atoms with Gasteiger partial charge in [-0.2, -0.15) is 0 Å². The molecule has 5 aromatic heterocycles. The van der Waals surface area contributed by atoms with Crippen LogP contribution in [0.25, 0.3) is 171 Å². The predicted octanol–water partition coefficient (Wildman–Crippen LogP) is 39.6. The first-order valence-electron chi connectivity index (χ1n) is 54.1. The predicted molar refractivity (Wildman–Crippen MR) is 635 cm³/mol. The molecule has 0 fully saturated rings. The summed E-state index contributed by atoms with van der Waals surface area (Å²) in [6.07, 6.45) is 0. The number of rotatable bonds is 8. The van der Waals surface area contributed by atoms with Crippen LogP contribution in [0.1, 0.15) is 222 Å². The molecule has 732 valence electrons. The second-order valence-electron chi connectivity index (χ2n) is 47.8. The highest BCUT2D eigenvalue weighted by Gasteiger charge is 2.35. The van der Waals surface area contributed by atoms with Crippen molar-refractivity contribution in [1.82, 2.24) is 22.8 Å². The van der Waals surface area contributed by atoms with Crippen LogP contribution in [-0.2, 0) is 43.3 Å². The van der Waals surface area contributed by atoms with E-state index in [-0.39, 0.29) is 67.5 Å². The Balaban J connectivity index is 0.000000119. The molecule has 0 spiro atoms. The Kier molecular flexibility index (Phi) is 25.1. The van der Waals surface area contributed by atoms with Gasteiger partial charge in [0.05, 0.1) is 60.7 Å². The summed E-state index contributed by atoms with van der Waals surface area (Å²) in [4.78, 5) is 0. The zero-order valence-electron chi connectivity index (χ0n) is 94.2. The number of fused-ring (bicyclic) bond motifs is 15. The Morgan fingerprint density at radius 1 is 0.185 bits per heavy atom. The summed E-state index contributed by atoms with van der Waals surface area (Å²) >= 11 is 0. The molecule has 0 saturated heterocycles. The van der Waals surface area contributed by atoms with Gasteiger partial charge in [-0.3, -0.25) is 0 Å². The van der Waals surface area contributed by atoms with Gasteiger partial charge in [-0.05, 0) is 249 Å². The van der Waals surface area contributed by atoms with E-state index in [0.717, 1.165) is 38.6 Å². The van der Waals surface area contributed by atoms with Crippen molar-refractivity contribution in [1.29, 1.82) is 0 Å². The molecule has 23 rings (SSSR count). The summed E-state index contributed by atoms with van der Waals surface area (Å²) in [7, 11) is 0. The fourth-order valence-electron chi connectivity index (χ4n) is 22.4. The molecule has 5 heteroatoms. The minimum absolute atomic E-state index is 0.0102. The largest absolute Gasteiger partial charge is 0.309 e. The molecule has 5 heterocycles. The molecule has 146 heavy (non-hydrogen) atoms. The van der Waals surface area contributed by atoms with Crippen molar-refractivity contribution in [3.8, 4) is 61.8 Å². The van der Waals surface area contributed by atoms with Crippen LogP contribution < -0.4 is 0 Å². The number of aromatic nitrogens is 5. The maximum Gasteiger partial charge on any atom is 0.0632 e. The first kappa shape index (κ1) is 94.5. The zero-order chi connectivity index (χ0) is 107. The summed E-state index contributed by atoms with van der Waals surface area (Å²) in [5.74, 6) is 0. The standard InChI is InChI=1S/C36H41N.C29H27N.C28H25N.C26H29N.C22H21N/c1-34(2,3)25-21-24(22-26(23-25)35(4,5)6)28-19-20-31-32(33(28)36(7,8)9)29-17-13-14-18-30(29)37(31)27-15-11-10-12-16-27;1-20-11-10-12-21(19-20)23-17-18-26-27(28(23)29(2,3)4)24-15-8-9-16-25(24)30(26)22-13-6-5-7-14-22;1-28(2,3)27-22(20-12-6-4-7-13-20)18-19-25-26(27)23-16-10-11-17-24(23)29(25)21-14-8-5-9-15-21;1-25(2,3)20-16-17-22-23(24(20)26(4,5)6)19-14-10-11-15-21(19)27(22)18-12-8-7-9-13-18;1-22(2,3)18-13-9-15-20-21(18)17-12-7-8-14-19(17)23(20)16-10-5-4-6-11-16/h10-23H,1-9H3;5-19H,1-4H3;4-19H,1-3H3;7-17H,1-6H3;4-15H,1-3H3/i;10D,11D,12D,19D;;;. The van der Waals surface area contributed by atoms with Crippen LogP contribution in [-0.4, -0.2) is 22.8 Å². The Hall–Kier alpha value is -15.0. The van der Waals surface area contributed by atoms with Crippen molar-refractivity contribution in [3.05, 3.63) is 462 Å². The molecule has 0 N–H and O–H groups in total. The summed E-state index contributed by atoms with van der Waals surface area (Å²) in [6.45, 7) is 57.0. The first-order valence-corrected chi connectivity index (χ1v) is 52.1. The second kappa shape index (κ2) is 38.8. The molecule has 0 aliphatic heterocycles. The molecule has 0 saturated carbocycles. The van der Waals surface area contributed by atoms with Gasteiger partial charge in [-0.1, -0.05) is 463 Å². The minimum Gasteiger partial charge on any atom is -0.309 e. The van der Waals surface area contributed by atoms with E-state index < -0.39 is 0 Å². The van der Waals surface area contributed by atoms with Crippen molar-refractivity contribution in [2.24, 2.45) is 0 Å². The van der Waals surface area contributed by atoms with E-state index in [1.54, 1.807) is 6.92 Å². The fourth-order valence-corrected chi connectivity index (χ4v) is 22.4. The summed E-state index contributed by atoms with van der Waals surface area (Å²) in [6, 6.07) is 139. The number of para-hydroxylation sites is 10. The maximum absolute atomic E-state index is 8.79. The molecule has 0 atom stereocenters. The topological polar surface area (TPSA) is 24.6 Å². The number of hydrogen-bond acceptors (Lipinski definition) is 0. The maximum atomic E-state index is 8.79. The SMILES string of the molecule is CC(C)(C)c1c(-c2ccccc2)ccc2c1c1ccccc1n2-c1ccccc1.CC(C)(C)c1cc(-c2ccc3c(c2C(C)(C)C)c2ccccc2n3-c2ccccc2)cc(C(C)(C)C)c1.CC(C)(C)c1ccc2c(c1C(C)(C)C)c1ccccc1n2-c1ccccc1.CC(C)(C)c1cccc2c1c1ccccc1n2-c1ccccc1.[2H]c1c([2H])c(C)c([2H])c(-c2ccc3c(c2C(C)(C)C)c2ccccc2n3-c2ccccc2)c1[2H]. The van der Waals surface area contributed by atoms with Gasteiger partial charge in [0.15, 0.2) is 0 Å². The van der Waals surface area contributed by atoms with E-state index >= 15 is 0 Å². The van der Waals surface area contributed by atoms with Gasteiger partial charge in [0.25, 0.3) is 0 Å². The third-order valence-corrected chi connectivity index (χ3v) is 28.8. The third-order valence-electron chi connectivity index (χ3n) is 28.8. The average molecular weight is 1910 g/mol. The van der Waals surface area contributed by atoms with Crippen LogP contribution >= 0.6 is 0 Å². The summed E-state index contributed by atoms with van der Waals surface area (Å²) in [5, 5.41) is 13.0. The lowest BCUT2D eigenvalue weighted by Crippen LogP contribution is -2.22. The molecule has 0 aliphatic rings. The third kappa shape index (κ3) is 19.2. The molecule has 0 unspecified atom stereocenters. The van der Waals surface area contributed by atoms with Gasteiger partial charge >= 0.3 is 0 Å². The monoisotopic (exact) mass is 1910 g/mol. The van der Waals surface area contributed by atoms with Crippen molar-refractivity contribution >= 4 is 109 Å². The normalized spacial score (nSPS) is 12.8. The Labute approximate surface area is 872 Å². The van der Waals surface area contributed by atoms with Gasteiger partial charge in [0.1, 0.15) is 0 Å². The summed E-state index contributed by atoms with van der Waals surface area (Å²) < 4.78 is 45.9. The molecular formula is C141H143N5. The lowest BCUT2D eigenvalue weighted by atomic mass is 9.73. The van der Waals surface area contributed by atoms with E-state index in [1.807, 2.05) is 36.4 Å². The van der Waals surface area contributed by atoms with Crippen LogP contribution in [0.3, 0.4) is 0 Å². The van der Waals surface area contributed by atoms with E-state index in [2.05, 4.69) is 541 Å². The van der Waals surface area contributed by atoms with E-state index in [4.69, 9.17) is 5.48 Å². The Bertz CT molecular complexity index is 8940. The smallest absolute Gasteiger partial charge is 0.0632 e. The van der Waals surface area contributed by atoms with Crippen molar-refractivity contribution < 1.29 is 5.48 Å². The van der Waals surface area contributed by atoms with Gasteiger partial charge in [0, 0.05) is 82.3 Å².